The number of amides is 1. The Labute approximate surface area is 209 Å². The van der Waals surface area contributed by atoms with E-state index in [9.17, 15) is 9.18 Å². The maximum absolute atomic E-state index is 14.3. The minimum Gasteiger partial charge on any atom is -0.381 e. The van der Waals surface area contributed by atoms with Gasteiger partial charge in [0.05, 0.1) is 23.0 Å². The summed E-state index contributed by atoms with van der Waals surface area (Å²) in [7, 11) is 3.58. The van der Waals surface area contributed by atoms with Gasteiger partial charge in [0.15, 0.2) is 11.5 Å². The molecule has 9 nitrogen and oxygen atoms in total. The van der Waals surface area contributed by atoms with E-state index in [1.54, 1.807) is 41.6 Å². The van der Waals surface area contributed by atoms with E-state index >= 15 is 0 Å². The quantitative estimate of drug-likeness (QED) is 0.450. The third-order valence-electron chi connectivity index (χ3n) is 6.81. The lowest BCUT2D eigenvalue weighted by molar-refractivity contribution is 0.0279. The molecule has 4 heterocycles. The number of benzene rings is 1. The molecule has 0 atom stereocenters. The first-order valence-electron chi connectivity index (χ1n) is 12.3. The van der Waals surface area contributed by atoms with Crippen LogP contribution in [0.15, 0.2) is 36.8 Å². The number of imidazole rings is 1. The monoisotopic (exact) mass is 493 g/mol. The molecule has 2 fully saturated rings. The number of hydrogen-bond acceptors (Lipinski definition) is 6. The molecule has 2 aliphatic rings. The molecule has 3 aromatic heterocycles. The van der Waals surface area contributed by atoms with Crippen LogP contribution >= 0.6 is 0 Å². The molecule has 6 rings (SSSR count). The van der Waals surface area contributed by atoms with Gasteiger partial charge in [0.25, 0.3) is 5.91 Å². The first-order valence-corrected chi connectivity index (χ1v) is 12.3. The van der Waals surface area contributed by atoms with Crippen LogP contribution in [0, 0.1) is 12.7 Å². The molecule has 0 bridgehead atoms. The maximum Gasteiger partial charge on any atom is 0.257 e. The number of carbonyl (C=O) groups excluding carboxylic acids is 1. The zero-order valence-electron chi connectivity index (χ0n) is 20.9. The van der Waals surface area contributed by atoms with E-state index in [1.165, 1.54) is 18.9 Å². The summed E-state index contributed by atoms with van der Waals surface area (Å²) in [6.07, 6.45) is 10.2. The standard InChI is InChI=1S/C21H21FN6O.C5H11NO/c1-13-10-28-11-14(9-17(22)20(28)23-13)24-21(29)15-5-6-18(27-7-3-4-8-27)16-12-26(2)25-19(15)16;1-7-5-2-4(6)3-5/h5-6,9-12H,3-4,7-8H2,1-2H3,(H,24,29);4-5H,2-3,6H2,1H3. The molecule has 4 aromatic rings. The number of anilines is 2. The topological polar surface area (TPSA) is 103 Å². The van der Waals surface area contributed by atoms with Gasteiger partial charge in [-0.25, -0.2) is 9.37 Å². The molecular formula is C26H32FN7O2. The van der Waals surface area contributed by atoms with E-state index in [4.69, 9.17) is 10.5 Å². The number of nitrogens with one attached hydrogen (secondary N) is 1. The van der Waals surface area contributed by atoms with E-state index in [1.807, 2.05) is 19.3 Å². The van der Waals surface area contributed by atoms with Crippen LogP contribution in [0.4, 0.5) is 15.8 Å². The molecule has 1 amide bonds. The lowest BCUT2D eigenvalue weighted by Gasteiger charge is -2.30. The number of methoxy groups -OCH3 is 1. The second-order valence-electron chi connectivity index (χ2n) is 9.62. The smallest absolute Gasteiger partial charge is 0.257 e. The average Bonchev–Trinajstić information content (AvgIpc) is 3.56. The lowest BCUT2D eigenvalue weighted by atomic mass is 9.90. The molecular weight excluding hydrogens is 461 g/mol. The molecule has 0 radical (unpaired) electrons. The number of carbonyl (C=O) groups is 1. The first kappa shape index (κ1) is 24.2. The van der Waals surface area contributed by atoms with Gasteiger partial charge >= 0.3 is 0 Å². The van der Waals surface area contributed by atoms with Crippen LogP contribution in [0.2, 0.25) is 0 Å². The van der Waals surface area contributed by atoms with Crippen molar-refractivity contribution >= 4 is 33.8 Å². The van der Waals surface area contributed by atoms with Gasteiger partial charge in [-0.05, 0) is 44.7 Å². The van der Waals surface area contributed by atoms with E-state index in [-0.39, 0.29) is 11.6 Å². The molecule has 36 heavy (non-hydrogen) atoms. The Balaban J connectivity index is 0.000000330. The fourth-order valence-corrected chi connectivity index (χ4v) is 4.87. The van der Waals surface area contributed by atoms with Crippen molar-refractivity contribution in [2.24, 2.45) is 12.8 Å². The predicted octanol–water partition coefficient (Wildman–Crippen LogP) is 3.64. The zero-order chi connectivity index (χ0) is 25.4. The largest absolute Gasteiger partial charge is 0.381 e. The van der Waals surface area contributed by atoms with Crippen molar-refractivity contribution in [3.05, 3.63) is 53.9 Å². The summed E-state index contributed by atoms with van der Waals surface area (Å²) >= 11 is 0. The highest BCUT2D eigenvalue weighted by atomic mass is 19.1. The summed E-state index contributed by atoms with van der Waals surface area (Å²) in [5.41, 5.74) is 8.99. The van der Waals surface area contributed by atoms with E-state index < -0.39 is 5.82 Å². The predicted molar refractivity (Wildman–Crippen MR) is 138 cm³/mol. The minimum absolute atomic E-state index is 0.239. The Morgan fingerprint density at radius 3 is 2.61 bits per heavy atom. The highest BCUT2D eigenvalue weighted by Gasteiger charge is 2.25. The Bertz CT molecular complexity index is 1400. The maximum atomic E-state index is 14.3. The van der Waals surface area contributed by atoms with Crippen LogP contribution < -0.4 is 16.0 Å². The summed E-state index contributed by atoms with van der Waals surface area (Å²) in [5.74, 6) is -0.805. The van der Waals surface area contributed by atoms with Gasteiger partial charge in [-0.1, -0.05) is 0 Å². The molecule has 1 saturated carbocycles. The molecule has 0 spiro atoms. The zero-order valence-corrected chi connectivity index (χ0v) is 20.9. The highest BCUT2D eigenvalue weighted by molar-refractivity contribution is 6.13. The molecule has 190 valence electrons. The number of aryl methyl sites for hydroxylation is 2. The molecule has 10 heteroatoms. The second-order valence-corrected chi connectivity index (χ2v) is 9.62. The third-order valence-corrected chi connectivity index (χ3v) is 6.81. The molecule has 1 aliphatic heterocycles. The molecule has 0 unspecified atom stereocenters. The SMILES string of the molecule is COC1CC(N)C1.Cc1cn2cc(NC(=O)c3ccc(N4CCCC4)c4cn(C)nc34)cc(F)c2n1. The average molecular weight is 494 g/mol. The first-order chi connectivity index (χ1) is 17.3. The fourth-order valence-electron chi connectivity index (χ4n) is 4.87. The van der Waals surface area contributed by atoms with Crippen molar-refractivity contribution in [3.8, 4) is 0 Å². The van der Waals surface area contributed by atoms with Gasteiger partial charge in [0.1, 0.15) is 5.52 Å². The number of nitrogens with two attached hydrogens (primary N) is 1. The highest BCUT2D eigenvalue weighted by Crippen LogP contribution is 2.31. The summed E-state index contributed by atoms with van der Waals surface area (Å²) in [5, 5.41) is 8.27. The summed E-state index contributed by atoms with van der Waals surface area (Å²) in [6, 6.07) is 5.49. The van der Waals surface area contributed by atoms with Gasteiger partial charge in [0.2, 0.25) is 0 Å². The summed E-state index contributed by atoms with van der Waals surface area (Å²) < 4.78 is 22.6. The van der Waals surface area contributed by atoms with Crippen LogP contribution in [0.25, 0.3) is 16.6 Å². The van der Waals surface area contributed by atoms with Gasteiger partial charge in [0, 0.05) is 69.0 Å². The Morgan fingerprint density at radius 1 is 1.19 bits per heavy atom. The van der Waals surface area contributed by atoms with Crippen LogP contribution in [0.1, 0.15) is 41.7 Å². The van der Waals surface area contributed by atoms with Crippen molar-refractivity contribution in [2.75, 3.05) is 30.4 Å². The van der Waals surface area contributed by atoms with Crippen LogP contribution in [0.3, 0.4) is 0 Å². The van der Waals surface area contributed by atoms with E-state index in [0.717, 1.165) is 37.0 Å². The van der Waals surface area contributed by atoms with Crippen molar-refractivity contribution in [1.82, 2.24) is 19.2 Å². The van der Waals surface area contributed by atoms with Gasteiger partial charge in [-0.2, -0.15) is 5.10 Å². The Kier molecular flexibility index (Phi) is 6.63. The van der Waals surface area contributed by atoms with Crippen molar-refractivity contribution in [3.63, 3.8) is 0 Å². The fraction of sp³-hybridized carbons (Fsp3) is 0.423. The normalized spacial score (nSPS) is 19.3. The number of aromatic nitrogens is 4. The Hall–Kier alpha value is -3.50. The van der Waals surface area contributed by atoms with Gasteiger partial charge in [-0.3, -0.25) is 9.48 Å². The molecule has 1 saturated heterocycles. The molecule has 1 aliphatic carbocycles. The van der Waals surface area contributed by atoms with Crippen LogP contribution in [-0.4, -0.2) is 57.4 Å². The number of nitrogens with zero attached hydrogens (tertiary/aromatic N) is 5. The number of fused-ring (bicyclic) bond motifs is 2. The lowest BCUT2D eigenvalue weighted by Crippen LogP contribution is -2.40. The van der Waals surface area contributed by atoms with Gasteiger partial charge < -0.3 is 25.1 Å². The number of ether oxygens (including phenoxy) is 1. The van der Waals surface area contributed by atoms with Gasteiger partial charge in [-0.15, -0.1) is 0 Å². The summed E-state index contributed by atoms with van der Waals surface area (Å²) in [6.45, 7) is 3.82. The number of pyridine rings is 1. The number of hydrogen-bond donors (Lipinski definition) is 2. The van der Waals surface area contributed by atoms with Crippen LogP contribution in [-0.2, 0) is 11.8 Å². The van der Waals surface area contributed by atoms with Crippen LogP contribution in [0.5, 0.6) is 0 Å². The van der Waals surface area contributed by atoms with Crippen molar-refractivity contribution in [2.45, 2.75) is 44.8 Å². The van der Waals surface area contributed by atoms with Crippen molar-refractivity contribution < 1.29 is 13.9 Å². The number of halogens is 1. The van der Waals surface area contributed by atoms with E-state index in [0.29, 0.717) is 34.6 Å². The second kappa shape index (κ2) is 9.87. The minimum atomic E-state index is -0.483. The van der Waals surface area contributed by atoms with Crippen molar-refractivity contribution in [1.29, 1.82) is 0 Å². The molecule has 1 aromatic carbocycles. The summed E-state index contributed by atoms with van der Waals surface area (Å²) in [4.78, 5) is 19.5. The third kappa shape index (κ3) is 4.78. The number of rotatable bonds is 4. The molecule has 3 N–H and O–H groups in total. The van der Waals surface area contributed by atoms with E-state index in [2.05, 4.69) is 20.3 Å². The Morgan fingerprint density at radius 2 is 1.94 bits per heavy atom.